The van der Waals surface area contributed by atoms with Crippen molar-refractivity contribution in [1.29, 1.82) is 5.26 Å². The number of benzene rings is 2. The standard InChI is InChI=1S/C18H15ClN2O4/c1-24-15-8-11(9-16(25-2)17(15)22)7-12(10-20)18(23)21-14-5-3-13(19)4-6-14/h3-9,22H,1-2H3,(H,21,23). The zero-order valence-electron chi connectivity index (χ0n) is 13.5. The molecule has 6 nitrogen and oxygen atoms in total. The Labute approximate surface area is 149 Å². The van der Waals surface area contributed by atoms with Crippen LogP contribution in [0.4, 0.5) is 5.69 Å². The van der Waals surface area contributed by atoms with Crippen molar-refractivity contribution in [2.75, 3.05) is 19.5 Å². The average Bonchev–Trinajstić information content (AvgIpc) is 2.62. The molecule has 2 aromatic rings. The SMILES string of the molecule is COc1cc(C=C(C#N)C(=O)Nc2ccc(Cl)cc2)cc(OC)c1O. The van der Waals surface area contributed by atoms with E-state index in [2.05, 4.69) is 5.32 Å². The molecule has 2 aromatic carbocycles. The number of hydrogen-bond donors (Lipinski definition) is 2. The monoisotopic (exact) mass is 358 g/mol. The van der Waals surface area contributed by atoms with Crippen LogP contribution in [-0.2, 0) is 4.79 Å². The first-order valence-electron chi connectivity index (χ1n) is 7.12. The second-order valence-electron chi connectivity index (χ2n) is 4.90. The Bertz CT molecular complexity index is 829. The highest BCUT2D eigenvalue weighted by atomic mass is 35.5. The number of hydrogen-bond acceptors (Lipinski definition) is 5. The second kappa shape index (κ2) is 8.08. The van der Waals surface area contributed by atoms with Gasteiger partial charge in [0, 0.05) is 10.7 Å². The lowest BCUT2D eigenvalue weighted by Crippen LogP contribution is -2.13. The van der Waals surface area contributed by atoms with Crippen molar-refractivity contribution in [2.24, 2.45) is 0 Å². The third-order valence-corrected chi connectivity index (χ3v) is 3.53. The van der Waals surface area contributed by atoms with Crippen LogP contribution in [0.15, 0.2) is 42.0 Å². The van der Waals surface area contributed by atoms with Gasteiger partial charge in [-0.2, -0.15) is 5.26 Å². The molecule has 0 bridgehead atoms. The lowest BCUT2D eigenvalue weighted by atomic mass is 10.1. The summed E-state index contributed by atoms with van der Waals surface area (Å²) in [6, 6.07) is 11.3. The van der Waals surface area contributed by atoms with E-state index in [0.717, 1.165) is 0 Å². The van der Waals surface area contributed by atoms with E-state index >= 15 is 0 Å². The molecule has 0 radical (unpaired) electrons. The van der Waals surface area contributed by atoms with Crippen LogP contribution in [-0.4, -0.2) is 25.2 Å². The summed E-state index contributed by atoms with van der Waals surface area (Å²) >= 11 is 5.79. The lowest BCUT2D eigenvalue weighted by Gasteiger charge is -2.10. The van der Waals surface area contributed by atoms with Crippen molar-refractivity contribution in [3.05, 3.63) is 52.6 Å². The molecule has 128 valence electrons. The fraction of sp³-hybridized carbons (Fsp3) is 0.111. The van der Waals surface area contributed by atoms with Gasteiger partial charge in [0.25, 0.3) is 5.91 Å². The molecular weight excluding hydrogens is 344 g/mol. The number of nitriles is 1. The molecule has 2 rings (SSSR count). The van der Waals surface area contributed by atoms with Gasteiger partial charge in [0.05, 0.1) is 14.2 Å². The number of carbonyl (C=O) groups is 1. The van der Waals surface area contributed by atoms with Gasteiger partial charge in [0.2, 0.25) is 5.75 Å². The van der Waals surface area contributed by atoms with Crippen molar-refractivity contribution in [2.45, 2.75) is 0 Å². The largest absolute Gasteiger partial charge is 0.502 e. The first-order valence-corrected chi connectivity index (χ1v) is 7.50. The van der Waals surface area contributed by atoms with Crippen molar-refractivity contribution >= 4 is 29.3 Å². The molecule has 1 amide bonds. The van der Waals surface area contributed by atoms with Crippen LogP contribution in [0.25, 0.3) is 6.08 Å². The quantitative estimate of drug-likeness (QED) is 0.629. The smallest absolute Gasteiger partial charge is 0.266 e. The summed E-state index contributed by atoms with van der Waals surface area (Å²) in [5, 5.41) is 22.3. The van der Waals surface area contributed by atoms with E-state index in [0.29, 0.717) is 16.3 Å². The number of phenols is 1. The number of ether oxygens (including phenoxy) is 2. The van der Waals surface area contributed by atoms with Gasteiger partial charge in [-0.05, 0) is 48.0 Å². The number of carbonyl (C=O) groups excluding carboxylic acids is 1. The molecule has 7 heteroatoms. The highest BCUT2D eigenvalue weighted by Crippen LogP contribution is 2.37. The molecule has 2 N–H and O–H groups in total. The number of nitrogens with zero attached hydrogens (tertiary/aromatic N) is 1. The molecule has 0 aliphatic rings. The molecular formula is C18H15ClN2O4. The minimum atomic E-state index is -0.573. The van der Waals surface area contributed by atoms with Crippen LogP contribution in [0.1, 0.15) is 5.56 Å². The van der Waals surface area contributed by atoms with Crippen LogP contribution in [0.5, 0.6) is 17.2 Å². The zero-order chi connectivity index (χ0) is 18.4. The van der Waals surface area contributed by atoms with Gasteiger partial charge >= 0.3 is 0 Å². The number of methoxy groups -OCH3 is 2. The van der Waals surface area contributed by atoms with Gasteiger partial charge in [-0.3, -0.25) is 4.79 Å². The number of anilines is 1. The molecule has 0 saturated carbocycles. The summed E-state index contributed by atoms with van der Waals surface area (Å²) in [5.74, 6) is -0.399. The zero-order valence-corrected chi connectivity index (χ0v) is 14.3. The summed E-state index contributed by atoms with van der Waals surface area (Å²) in [6.07, 6.45) is 1.37. The normalized spacial score (nSPS) is 10.7. The van der Waals surface area contributed by atoms with Gasteiger partial charge < -0.3 is 19.9 Å². The predicted octanol–water partition coefficient (Wildman–Crippen LogP) is 3.61. The fourth-order valence-corrected chi connectivity index (χ4v) is 2.17. The molecule has 0 atom stereocenters. The highest BCUT2D eigenvalue weighted by Gasteiger charge is 2.13. The maximum absolute atomic E-state index is 12.3. The molecule has 0 spiro atoms. The molecule has 0 aliphatic heterocycles. The summed E-state index contributed by atoms with van der Waals surface area (Å²) in [5.41, 5.74) is 0.857. The van der Waals surface area contributed by atoms with E-state index in [1.165, 1.54) is 32.4 Å². The van der Waals surface area contributed by atoms with Crippen molar-refractivity contribution < 1.29 is 19.4 Å². The minimum absolute atomic E-state index is 0.121. The van der Waals surface area contributed by atoms with Crippen LogP contribution >= 0.6 is 11.6 Å². The maximum atomic E-state index is 12.3. The van der Waals surface area contributed by atoms with Gasteiger partial charge in [0.1, 0.15) is 11.6 Å². The van der Waals surface area contributed by atoms with Gasteiger partial charge in [-0.25, -0.2) is 0 Å². The number of rotatable bonds is 5. The summed E-state index contributed by atoms with van der Waals surface area (Å²) < 4.78 is 10.1. The number of phenolic OH excluding ortho intramolecular Hbond substituents is 1. The topological polar surface area (TPSA) is 91.6 Å². The average molecular weight is 359 g/mol. The number of amides is 1. The summed E-state index contributed by atoms with van der Waals surface area (Å²) in [7, 11) is 2.78. The number of aromatic hydroxyl groups is 1. The van der Waals surface area contributed by atoms with E-state index < -0.39 is 5.91 Å². The van der Waals surface area contributed by atoms with Crippen LogP contribution < -0.4 is 14.8 Å². The summed E-state index contributed by atoms with van der Waals surface area (Å²) in [6.45, 7) is 0. The first kappa shape index (κ1) is 18.2. The van der Waals surface area contributed by atoms with E-state index in [1.807, 2.05) is 6.07 Å². The van der Waals surface area contributed by atoms with Crippen molar-refractivity contribution in [1.82, 2.24) is 0 Å². The van der Waals surface area contributed by atoms with Crippen LogP contribution in [0, 0.1) is 11.3 Å². The lowest BCUT2D eigenvalue weighted by molar-refractivity contribution is -0.112. The van der Waals surface area contributed by atoms with Gasteiger partial charge in [-0.15, -0.1) is 0 Å². The Hall–Kier alpha value is -3.17. The predicted molar refractivity (Wildman–Crippen MR) is 94.9 cm³/mol. The maximum Gasteiger partial charge on any atom is 0.266 e. The van der Waals surface area contributed by atoms with E-state index in [4.69, 9.17) is 21.1 Å². The Morgan fingerprint density at radius 2 is 1.76 bits per heavy atom. The Kier molecular flexibility index (Phi) is 5.88. The summed E-state index contributed by atoms with van der Waals surface area (Å²) in [4.78, 5) is 12.3. The second-order valence-corrected chi connectivity index (χ2v) is 5.34. The van der Waals surface area contributed by atoms with Gasteiger partial charge in [0.15, 0.2) is 11.5 Å². The highest BCUT2D eigenvalue weighted by molar-refractivity contribution is 6.30. The molecule has 0 fully saturated rings. The molecule has 0 aromatic heterocycles. The third-order valence-electron chi connectivity index (χ3n) is 3.28. The Morgan fingerprint density at radius 1 is 1.20 bits per heavy atom. The Balaban J connectivity index is 2.32. The van der Waals surface area contributed by atoms with Gasteiger partial charge in [-0.1, -0.05) is 11.6 Å². The number of halogens is 1. The van der Waals surface area contributed by atoms with E-state index in [1.54, 1.807) is 24.3 Å². The third kappa shape index (κ3) is 4.43. The first-order chi connectivity index (χ1) is 12.0. The Morgan fingerprint density at radius 3 is 2.24 bits per heavy atom. The molecule has 0 unspecified atom stereocenters. The minimum Gasteiger partial charge on any atom is -0.502 e. The van der Waals surface area contributed by atoms with E-state index in [9.17, 15) is 15.2 Å². The molecule has 0 aliphatic carbocycles. The van der Waals surface area contributed by atoms with Crippen LogP contribution in [0.2, 0.25) is 5.02 Å². The van der Waals surface area contributed by atoms with Crippen molar-refractivity contribution in [3.63, 3.8) is 0 Å². The van der Waals surface area contributed by atoms with Crippen LogP contribution in [0.3, 0.4) is 0 Å². The molecule has 25 heavy (non-hydrogen) atoms. The van der Waals surface area contributed by atoms with Crippen molar-refractivity contribution in [3.8, 4) is 23.3 Å². The molecule has 0 saturated heterocycles. The molecule has 0 heterocycles. The fourth-order valence-electron chi connectivity index (χ4n) is 2.04. The number of nitrogens with one attached hydrogen (secondary N) is 1. The van der Waals surface area contributed by atoms with E-state index in [-0.39, 0.29) is 22.8 Å².